The molecule has 13 nitrogen and oxygen atoms in total. The van der Waals surface area contributed by atoms with Crippen LogP contribution in [0.1, 0.15) is 28.8 Å². The number of benzene rings is 2. The third-order valence-corrected chi connectivity index (χ3v) is 8.09. The summed E-state index contributed by atoms with van der Waals surface area (Å²) >= 11 is 0. The summed E-state index contributed by atoms with van der Waals surface area (Å²) in [6.45, 7) is 1.79. The molecule has 38 heavy (non-hydrogen) atoms. The molecule has 2 fully saturated rings. The van der Waals surface area contributed by atoms with E-state index in [2.05, 4.69) is 20.9 Å². The summed E-state index contributed by atoms with van der Waals surface area (Å²) in [7, 11) is 0. The van der Waals surface area contributed by atoms with Crippen LogP contribution in [0.25, 0.3) is 10.8 Å². The van der Waals surface area contributed by atoms with Crippen molar-refractivity contribution in [2.75, 3.05) is 13.1 Å². The topological polar surface area (TPSA) is 198 Å². The van der Waals surface area contributed by atoms with Crippen molar-refractivity contribution < 1.29 is 29.2 Å². The summed E-state index contributed by atoms with van der Waals surface area (Å²) in [6, 6.07) is 8.08. The standard InChI is InChI=1S/C25H28N8O5/c1-12-4-2-6-14-13(12)5-3-7-15(14)21(36)29-17-11-33-23(27)28-16(10-32-18(34)8-9-19(32)35)20-24(33,25(17,37)38)31-22(26)30-20/h2-7,16-17,20,37-38H,8-11H2,1H3,(H6,26,27,28,29,30,31,36)/p+1/t16-,17?,20-,24-/m0/s1. The molecule has 13 heteroatoms. The van der Waals surface area contributed by atoms with Crippen LogP contribution in [0.15, 0.2) is 41.4 Å². The Morgan fingerprint density at radius 2 is 1.84 bits per heavy atom. The van der Waals surface area contributed by atoms with E-state index in [1.165, 1.54) is 4.58 Å². The second-order valence-corrected chi connectivity index (χ2v) is 10.2. The molecule has 4 heterocycles. The lowest BCUT2D eigenvalue weighted by atomic mass is 9.85. The maximum Gasteiger partial charge on any atom is 0.346 e. The molecule has 2 aromatic rings. The van der Waals surface area contributed by atoms with E-state index in [9.17, 15) is 24.6 Å². The number of amides is 3. The number of aliphatic hydroxyl groups is 2. The van der Waals surface area contributed by atoms with E-state index < -0.39 is 35.5 Å². The van der Waals surface area contributed by atoms with Crippen LogP contribution in [-0.2, 0) is 9.59 Å². The summed E-state index contributed by atoms with van der Waals surface area (Å²) in [5.74, 6) is -3.75. The van der Waals surface area contributed by atoms with Crippen molar-refractivity contribution in [2.45, 2.75) is 49.3 Å². The van der Waals surface area contributed by atoms with Crippen LogP contribution in [0.3, 0.4) is 0 Å². The van der Waals surface area contributed by atoms with Gasteiger partial charge in [-0.05, 0) is 29.3 Å². The predicted octanol–water partition coefficient (Wildman–Crippen LogP) is -2.63. The number of carbonyl (C=O) groups is 3. The van der Waals surface area contributed by atoms with Crippen molar-refractivity contribution >= 4 is 40.4 Å². The minimum absolute atomic E-state index is 0.0627. The number of aryl methyl sites for hydroxylation is 1. The van der Waals surface area contributed by atoms with Gasteiger partial charge in [0.15, 0.2) is 5.96 Å². The SMILES string of the molecule is Cc1cccc2c(C(=O)NC3C[N+]4=C(N)N[C@@H](CN5C(=O)CCC5=O)[C@@H]5N=C(N)N[C@@]54C3(O)O)cccc12. The largest absolute Gasteiger partial charge is 0.370 e. The van der Waals surface area contributed by atoms with Crippen LogP contribution in [0.2, 0.25) is 0 Å². The van der Waals surface area contributed by atoms with Crippen molar-refractivity contribution in [1.82, 2.24) is 20.9 Å². The van der Waals surface area contributed by atoms with Gasteiger partial charge >= 0.3 is 5.96 Å². The maximum absolute atomic E-state index is 13.5. The van der Waals surface area contributed by atoms with Gasteiger partial charge in [-0.15, -0.1) is 0 Å². The predicted molar refractivity (Wildman–Crippen MR) is 136 cm³/mol. The highest BCUT2D eigenvalue weighted by atomic mass is 16.5. The number of likely N-dealkylation sites (tertiary alicyclic amines) is 1. The first-order valence-corrected chi connectivity index (χ1v) is 12.4. The second-order valence-electron chi connectivity index (χ2n) is 10.2. The fourth-order valence-electron chi connectivity index (χ4n) is 6.23. The molecule has 4 aliphatic heterocycles. The molecule has 0 bridgehead atoms. The molecule has 0 aliphatic carbocycles. The summed E-state index contributed by atoms with van der Waals surface area (Å²) in [5, 5.41) is 33.6. The fraction of sp³-hybridized carbons (Fsp3) is 0.400. The van der Waals surface area contributed by atoms with Crippen molar-refractivity contribution in [3.63, 3.8) is 0 Å². The zero-order chi connectivity index (χ0) is 27.0. The number of hydrogen-bond donors (Lipinski definition) is 7. The van der Waals surface area contributed by atoms with Gasteiger partial charge in [-0.25, -0.2) is 9.57 Å². The molecule has 1 spiro atoms. The molecule has 6 rings (SSSR count). The normalized spacial score (nSPS) is 29.6. The number of nitrogens with two attached hydrogens (primary N) is 2. The van der Waals surface area contributed by atoms with Gasteiger partial charge in [0.1, 0.15) is 18.1 Å². The third-order valence-electron chi connectivity index (χ3n) is 8.09. The first-order chi connectivity index (χ1) is 18.0. The zero-order valence-corrected chi connectivity index (χ0v) is 20.6. The first kappa shape index (κ1) is 24.1. The zero-order valence-electron chi connectivity index (χ0n) is 20.6. The van der Waals surface area contributed by atoms with Gasteiger partial charge in [-0.3, -0.25) is 30.3 Å². The summed E-state index contributed by atoms with van der Waals surface area (Å²) < 4.78 is 1.48. The summed E-state index contributed by atoms with van der Waals surface area (Å²) in [6.07, 6.45) is 0.226. The monoisotopic (exact) mass is 521 g/mol. The van der Waals surface area contributed by atoms with Crippen LogP contribution in [0.5, 0.6) is 0 Å². The number of nitrogens with one attached hydrogen (secondary N) is 3. The molecule has 9 N–H and O–H groups in total. The number of carbonyl (C=O) groups excluding carboxylic acids is 3. The van der Waals surface area contributed by atoms with E-state index in [4.69, 9.17) is 11.5 Å². The van der Waals surface area contributed by atoms with Crippen molar-refractivity contribution in [3.05, 3.63) is 47.5 Å². The first-order valence-electron chi connectivity index (χ1n) is 12.4. The number of rotatable bonds is 4. The Labute approximate surface area is 217 Å². The van der Waals surface area contributed by atoms with Gasteiger partial charge in [-0.2, -0.15) is 0 Å². The number of aliphatic imine (C=N–C) groups is 1. The van der Waals surface area contributed by atoms with Gasteiger partial charge in [0.05, 0.1) is 13.1 Å². The molecule has 0 aromatic heterocycles. The van der Waals surface area contributed by atoms with E-state index in [1.54, 1.807) is 12.1 Å². The van der Waals surface area contributed by atoms with Crippen LogP contribution in [0.4, 0.5) is 0 Å². The Balaban J connectivity index is 1.34. The maximum atomic E-state index is 13.5. The molecule has 4 aliphatic rings. The van der Waals surface area contributed by atoms with Gasteiger partial charge in [-0.1, -0.05) is 30.3 Å². The van der Waals surface area contributed by atoms with E-state index in [0.29, 0.717) is 5.56 Å². The quantitative estimate of drug-likeness (QED) is 0.128. The number of fused-ring (bicyclic) bond motifs is 1. The Morgan fingerprint density at radius 3 is 2.58 bits per heavy atom. The van der Waals surface area contributed by atoms with E-state index in [0.717, 1.165) is 21.2 Å². The lowest BCUT2D eigenvalue weighted by molar-refractivity contribution is -0.623. The average molecular weight is 522 g/mol. The Morgan fingerprint density at radius 1 is 1.16 bits per heavy atom. The molecule has 2 saturated heterocycles. The highest BCUT2D eigenvalue weighted by Gasteiger charge is 2.75. The van der Waals surface area contributed by atoms with Crippen molar-refractivity contribution in [1.29, 1.82) is 0 Å². The Bertz CT molecular complexity index is 1450. The summed E-state index contributed by atoms with van der Waals surface area (Å²) in [5.41, 5.74) is 12.0. The lowest BCUT2D eigenvalue weighted by Gasteiger charge is -2.44. The van der Waals surface area contributed by atoms with Crippen LogP contribution >= 0.6 is 0 Å². The van der Waals surface area contributed by atoms with Gasteiger partial charge in [0.2, 0.25) is 23.3 Å². The van der Waals surface area contributed by atoms with Crippen molar-refractivity contribution in [2.24, 2.45) is 16.5 Å². The minimum atomic E-state index is -2.61. The number of hydrogen-bond acceptors (Lipinski definition) is 10. The van der Waals surface area contributed by atoms with Gasteiger partial charge in [0, 0.05) is 18.4 Å². The molecule has 0 saturated carbocycles. The summed E-state index contributed by atoms with van der Waals surface area (Å²) in [4.78, 5) is 43.5. The van der Waals surface area contributed by atoms with E-state index in [-0.39, 0.29) is 49.7 Å². The minimum Gasteiger partial charge on any atom is -0.370 e. The number of nitrogens with zero attached hydrogens (tertiary/aromatic N) is 3. The molecule has 1 unspecified atom stereocenters. The lowest BCUT2D eigenvalue weighted by Crippen LogP contribution is -2.79. The van der Waals surface area contributed by atoms with Crippen molar-refractivity contribution in [3.8, 4) is 0 Å². The molecular formula is C25H29N8O5+. The molecule has 0 radical (unpaired) electrons. The highest BCUT2D eigenvalue weighted by Crippen LogP contribution is 2.41. The highest BCUT2D eigenvalue weighted by molar-refractivity contribution is 6.08. The van der Waals surface area contributed by atoms with Gasteiger partial charge in [0.25, 0.3) is 5.91 Å². The smallest absolute Gasteiger partial charge is 0.346 e. The fourth-order valence-corrected chi connectivity index (χ4v) is 6.23. The van der Waals surface area contributed by atoms with Crippen LogP contribution in [-0.4, -0.2) is 92.0 Å². The molecule has 2 aromatic carbocycles. The van der Waals surface area contributed by atoms with E-state index >= 15 is 0 Å². The molecule has 3 amide bonds. The Kier molecular flexibility index (Phi) is 5.16. The van der Waals surface area contributed by atoms with Crippen LogP contribution < -0.4 is 27.4 Å². The molecular weight excluding hydrogens is 492 g/mol. The Hall–Kier alpha value is -4.23. The third kappa shape index (κ3) is 3.21. The number of guanidine groups is 2. The van der Waals surface area contributed by atoms with Crippen LogP contribution in [0, 0.1) is 6.92 Å². The van der Waals surface area contributed by atoms with E-state index in [1.807, 2.05) is 31.2 Å². The average Bonchev–Trinajstić information content (AvgIpc) is 3.47. The molecule has 4 atom stereocenters. The second kappa shape index (κ2) is 8.13. The number of imide groups is 1. The molecule has 198 valence electrons. The van der Waals surface area contributed by atoms with Gasteiger partial charge < -0.3 is 26.6 Å².